The van der Waals surface area contributed by atoms with Crippen molar-refractivity contribution in [3.05, 3.63) is 115 Å². The Morgan fingerprint density at radius 1 is 0.944 bits per heavy atom. The van der Waals surface area contributed by atoms with Crippen molar-refractivity contribution in [1.82, 2.24) is 4.57 Å². The van der Waals surface area contributed by atoms with Crippen LogP contribution in [0.3, 0.4) is 0 Å². The molecule has 4 rings (SSSR count). The number of hydrogen-bond acceptors (Lipinski definition) is 5. The summed E-state index contributed by atoms with van der Waals surface area (Å²) in [6, 6.07) is 28.1. The highest BCUT2D eigenvalue weighted by atomic mass is 32.1. The summed E-state index contributed by atoms with van der Waals surface area (Å²) < 4.78 is 2.33. The van der Waals surface area contributed by atoms with Crippen molar-refractivity contribution in [2.24, 2.45) is 0 Å². The lowest BCUT2D eigenvalue weighted by atomic mass is 10.1. The van der Waals surface area contributed by atoms with E-state index in [-0.39, 0.29) is 11.1 Å². The number of hydrogen-bond donors (Lipinski definition) is 0. The number of benzene rings is 3. The van der Waals surface area contributed by atoms with Crippen LogP contribution in [-0.2, 0) is 6.54 Å². The molecule has 0 aliphatic carbocycles. The van der Waals surface area contributed by atoms with E-state index in [9.17, 15) is 15.3 Å². The highest BCUT2D eigenvalue weighted by molar-refractivity contribution is 7.07. The predicted octanol–water partition coefficient (Wildman–Crippen LogP) is 4.57. The Kier molecular flexibility index (Phi) is 7.49. The van der Waals surface area contributed by atoms with Crippen LogP contribution in [0.5, 0.6) is 0 Å². The Bertz CT molecular complexity index is 1610. The molecule has 1 aromatic heterocycles. The topological polar surface area (TPSA) is 72.8 Å². The molecule has 1 heterocycles. The van der Waals surface area contributed by atoms with Crippen molar-refractivity contribution in [3.63, 3.8) is 0 Å². The van der Waals surface area contributed by atoms with E-state index in [2.05, 4.69) is 36.1 Å². The monoisotopic (exact) mass is 490 g/mol. The molecule has 0 unspecified atom stereocenters. The van der Waals surface area contributed by atoms with Crippen molar-refractivity contribution in [3.8, 4) is 17.8 Å². The van der Waals surface area contributed by atoms with Gasteiger partial charge in [-0.25, -0.2) is 0 Å². The van der Waals surface area contributed by atoms with Gasteiger partial charge in [0.05, 0.1) is 10.2 Å². The summed E-state index contributed by atoms with van der Waals surface area (Å²) in [5.74, 6) is 0. The zero-order chi connectivity index (χ0) is 25.7. The fraction of sp³-hybridized carbons (Fsp3) is 0.167. The van der Waals surface area contributed by atoms with Gasteiger partial charge in [-0.3, -0.25) is 9.36 Å². The Morgan fingerprint density at radius 3 is 2.17 bits per heavy atom. The van der Waals surface area contributed by atoms with Crippen LogP contribution < -0.4 is 19.7 Å². The number of para-hydroxylation sites is 1. The van der Waals surface area contributed by atoms with Crippen molar-refractivity contribution < 1.29 is 0 Å². The van der Waals surface area contributed by atoms with Crippen LogP contribution in [0.4, 0.5) is 5.69 Å². The molecular formula is C30H26N4OS. The summed E-state index contributed by atoms with van der Waals surface area (Å²) in [4.78, 5) is 15.9. The van der Waals surface area contributed by atoms with Gasteiger partial charge in [0.2, 0.25) is 0 Å². The molecule has 0 bridgehead atoms. The largest absolute Gasteiger partial charge is 0.367 e. The predicted molar refractivity (Wildman–Crippen MR) is 146 cm³/mol. The normalized spacial score (nSPS) is 11.1. The van der Waals surface area contributed by atoms with Crippen LogP contribution in [0.2, 0.25) is 0 Å². The summed E-state index contributed by atoms with van der Waals surface area (Å²) in [5.41, 5.74) is 5.43. The minimum absolute atomic E-state index is 0.0748. The second-order valence-corrected chi connectivity index (χ2v) is 9.52. The highest BCUT2D eigenvalue weighted by Gasteiger charge is 2.15. The van der Waals surface area contributed by atoms with Gasteiger partial charge in [0.25, 0.3) is 5.56 Å². The Morgan fingerprint density at radius 2 is 1.58 bits per heavy atom. The van der Waals surface area contributed by atoms with E-state index in [1.165, 1.54) is 21.5 Å². The molecule has 0 fully saturated rings. The van der Waals surface area contributed by atoms with E-state index in [1.807, 2.05) is 80.6 Å². The Labute approximate surface area is 214 Å². The fourth-order valence-electron chi connectivity index (χ4n) is 4.25. The third-order valence-electron chi connectivity index (χ3n) is 6.08. The average molecular weight is 491 g/mol. The van der Waals surface area contributed by atoms with Crippen molar-refractivity contribution >= 4 is 28.7 Å². The summed E-state index contributed by atoms with van der Waals surface area (Å²) in [7, 11) is 0. The highest BCUT2D eigenvalue weighted by Crippen LogP contribution is 2.19. The maximum Gasteiger partial charge on any atom is 0.273 e. The number of thiazole rings is 1. The molecule has 0 atom stereocenters. The van der Waals surface area contributed by atoms with Gasteiger partial charge in [0.1, 0.15) is 16.8 Å². The van der Waals surface area contributed by atoms with Crippen LogP contribution in [0.1, 0.15) is 29.2 Å². The molecule has 4 aromatic rings. The van der Waals surface area contributed by atoms with Crippen LogP contribution in [0.15, 0.2) is 77.6 Å². The lowest BCUT2D eigenvalue weighted by Gasteiger charge is -2.23. The van der Waals surface area contributed by atoms with E-state index < -0.39 is 0 Å². The molecule has 0 aliphatic heterocycles. The first-order chi connectivity index (χ1) is 17.5. The first-order valence-electron chi connectivity index (χ1n) is 11.7. The van der Waals surface area contributed by atoms with Crippen molar-refractivity contribution in [2.75, 3.05) is 11.4 Å². The van der Waals surface area contributed by atoms with Crippen LogP contribution in [0, 0.1) is 36.5 Å². The summed E-state index contributed by atoms with van der Waals surface area (Å²) in [6.45, 7) is 7.66. The molecule has 0 N–H and O–H groups in total. The van der Waals surface area contributed by atoms with E-state index >= 15 is 0 Å². The number of nitrogens with zero attached hydrogens (tertiary/aromatic N) is 4. The number of rotatable bonds is 6. The van der Waals surface area contributed by atoms with Gasteiger partial charge in [-0.15, -0.1) is 11.3 Å². The molecule has 0 saturated heterocycles. The maximum absolute atomic E-state index is 13.6. The van der Waals surface area contributed by atoms with Gasteiger partial charge in [0.15, 0.2) is 5.57 Å². The molecule has 0 radical (unpaired) electrons. The van der Waals surface area contributed by atoms with Crippen LogP contribution in [-0.4, -0.2) is 11.1 Å². The summed E-state index contributed by atoms with van der Waals surface area (Å²) in [6.07, 6.45) is 1.82. The van der Waals surface area contributed by atoms with Crippen LogP contribution in [0.25, 0.3) is 17.3 Å². The smallest absolute Gasteiger partial charge is 0.273 e. The lowest BCUT2D eigenvalue weighted by Crippen LogP contribution is -2.31. The van der Waals surface area contributed by atoms with Gasteiger partial charge in [0, 0.05) is 18.8 Å². The van der Waals surface area contributed by atoms with Crippen molar-refractivity contribution in [1.29, 1.82) is 10.5 Å². The standard InChI is InChI=1S/C30H26N4OS/c1-4-33(20-24-11-6-5-7-12-24)26-15-13-23(14-16-26)17-27-29(35)34(30(36-27)25(18-31)19-32)28-21(2)9-8-10-22(28)3/h5-17H,4,20H2,1-3H3/b27-17-. The number of anilines is 1. The summed E-state index contributed by atoms with van der Waals surface area (Å²) >= 11 is 1.17. The number of aryl methyl sites for hydroxylation is 2. The first kappa shape index (κ1) is 24.7. The van der Waals surface area contributed by atoms with E-state index in [0.29, 0.717) is 14.9 Å². The molecule has 3 aromatic carbocycles. The second-order valence-electron chi connectivity index (χ2n) is 8.49. The molecular weight excluding hydrogens is 464 g/mol. The molecule has 6 heteroatoms. The lowest BCUT2D eigenvalue weighted by molar-refractivity contribution is 0.832. The SMILES string of the molecule is CCN(Cc1ccccc1)c1ccc(/C=c2\sc(=C(C#N)C#N)n(-c3c(C)cccc3C)c2=O)cc1. The van der Waals surface area contributed by atoms with Gasteiger partial charge in [-0.2, -0.15) is 10.5 Å². The quantitative estimate of drug-likeness (QED) is 0.397. The van der Waals surface area contributed by atoms with Gasteiger partial charge in [-0.05, 0) is 61.2 Å². The molecule has 5 nitrogen and oxygen atoms in total. The Hall–Kier alpha value is -4.39. The van der Waals surface area contributed by atoms with Crippen molar-refractivity contribution in [2.45, 2.75) is 27.3 Å². The third-order valence-corrected chi connectivity index (χ3v) is 7.17. The van der Waals surface area contributed by atoms with E-state index in [1.54, 1.807) is 0 Å². The molecule has 0 saturated carbocycles. The Balaban J connectivity index is 1.79. The third kappa shape index (κ3) is 5.00. The van der Waals surface area contributed by atoms with Crippen LogP contribution >= 0.6 is 11.3 Å². The zero-order valence-electron chi connectivity index (χ0n) is 20.5. The number of nitriles is 2. The van der Waals surface area contributed by atoms with E-state index in [0.717, 1.165) is 35.5 Å². The van der Waals surface area contributed by atoms with Gasteiger partial charge in [-0.1, -0.05) is 60.7 Å². The van der Waals surface area contributed by atoms with E-state index in [4.69, 9.17) is 0 Å². The first-order valence-corrected chi connectivity index (χ1v) is 12.5. The zero-order valence-corrected chi connectivity index (χ0v) is 21.3. The maximum atomic E-state index is 13.6. The second kappa shape index (κ2) is 10.9. The molecule has 0 spiro atoms. The molecule has 36 heavy (non-hydrogen) atoms. The molecule has 178 valence electrons. The minimum Gasteiger partial charge on any atom is -0.367 e. The molecule has 0 amide bonds. The minimum atomic E-state index is -0.237. The van der Waals surface area contributed by atoms with Gasteiger partial charge < -0.3 is 4.90 Å². The number of aromatic nitrogens is 1. The fourth-order valence-corrected chi connectivity index (χ4v) is 5.29. The molecule has 0 aliphatic rings. The summed E-state index contributed by atoms with van der Waals surface area (Å²) in [5, 5.41) is 19.1. The average Bonchev–Trinajstić information content (AvgIpc) is 3.20. The van der Waals surface area contributed by atoms with Gasteiger partial charge >= 0.3 is 0 Å².